The van der Waals surface area contributed by atoms with Gasteiger partial charge >= 0.3 is 0 Å². The Bertz CT molecular complexity index is 163. The van der Waals surface area contributed by atoms with Gasteiger partial charge in [0, 0.05) is 5.41 Å². The van der Waals surface area contributed by atoms with Crippen molar-refractivity contribution in [1.29, 1.82) is 10.8 Å². The van der Waals surface area contributed by atoms with Gasteiger partial charge in [-0.05, 0) is 6.42 Å². The third-order valence-corrected chi connectivity index (χ3v) is 1.76. The molecule has 7 heteroatoms. The van der Waals surface area contributed by atoms with Gasteiger partial charge < -0.3 is 15.3 Å². The Labute approximate surface area is 94.8 Å². The van der Waals surface area contributed by atoms with Crippen LogP contribution in [0.5, 0.6) is 0 Å². The van der Waals surface area contributed by atoms with Gasteiger partial charge in [0.05, 0.1) is 19.8 Å². The van der Waals surface area contributed by atoms with Crippen LogP contribution in [0.3, 0.4) is 0 Å². The van der Waals surface area contributed by atoms with E-state index in [0.29, 0.717) is 6.42 Å². The minimum absolute atomic E-state index is 0. The maximum atomic E-state index is 8.66. The Morgan fingerprint density at radius 1 is 1.00 bits per heavy atom. The maximum Gasteiger partial charge on any atom is 0.231 e. The van der Waals surface area contributed by atoms with Gasteiger partial charge in [-0.25, -0.2) is 20.4 Å². The highest BCUT2D eigenvalue weighted by Gasteiger charge is 2.24. The first-order valence-corrected chi connectivity index (χ1v) is 3.98. The van der Waals surface area contributed by atoms with Crippen LogP contribution < -0.4 is 0 Å². The van der Waals surface area contributed by atoms with Crippen LogP contribution in [-0.4, -0.2) is 47.3 Å². The molecule has 5 N–H and O–H groups in total. The molecule has 0 saturated heterocycles. The van der Waals surface area contributed by atoms with Gasteiger partial charge in [-0.1, -0.05) is 14.4 Å². The summed E-state index contributed by atoms with van der Waals surface area (Å²) in [5, 5.41) is 36.8. The molecule has 0 radical (unpaired) electrons. The van der Waals surface area contributed by atoms with Crippen molar-refractivity contribution in [1.82, 2.24) is 0 Å². The Kier molecular flexibility index (Phi) is 28.9. The topological polar surface area (TPSA) is 143 Å². The average molecular weight is 236 g/mol. The van der Waals surface area contributed by atoms with Crippen LogP contribution >= 0.6 is 0 Å². The van der Waals surface area contributed by atoms with Crippen LogP contribution in [-0.2, 0) is 9.59 Å². The smallest absolute Gasteiger partial charge is 0.231 e. The highest BCUT2D eigenvalue weighted by atomic mass is 16.3. The average Bonchev–Trinajstić information content (AvgIpc) is 2.24. The molecule has 0 spiro atoms. The summed E-state index contributed by atoms with van der Waals surface area (Å²) >= 11 is 0. The fourth-order valence-electron chi connectivity index (χ4n) is 0.485. The van der Waals surface area contributed by atoms with E-state index in [4.69, 9.17) is 35.7 Å². The van der Waals surface area contributed by atoms with Crippen LogP contribution in [0.4, 0.5) is 0 Å². The predicted octanol–water partition coefficient (Wildman–Crippen LogP) is -0.202. The minimum Gasteiger partial charge on any atom is -0.396 e. The number of hydrogen-bond acceptors (Lipinski definition) is 7. The van der Waals surface area contributed by atoms with Crippen LogP contribution in [0, 0.1) is 16.2 Å². The lowest BCUT2D eigenvalue weighted by molar-refractivity contribution is 0.00304. The summed E-state index contributed by atoms with van der Waals surface area (Å²) in [5.41, 5.74) is -0.667. The number of aliphatic hydroxyl groups excluding tert-OH is 3. The summed E-state index contributed by atoms with van der Waals surface area (Å²) in [4.78, 5) is 16.7. The molecule has 16 heavy (non-hydrogen) atoms. The van der Waals surface area contributed by atoms with Crippen molar-refractivity contribution in [3.63, 3.8) is 0 Å². The number of isocyanates is 2. The molecule has 0 unspecified atom stereocenters. The largest absolute Gasteiger partial charge is 0.396 e. The van der Waals surface area contributed by atoms with Crippen molar-refractivity contribution in [2.75, 3.05) is 19.8 Å². The highest BCUT2D eigenvalue weighted by molar-refractivity contribution is 5.26. The van der Waals surface area contributed by atoms with Gasteiger partial charge in [-0.15, -0.1) is 0 Å². The third kappa shape index (κ3) is 15.1. The molecular formula is C9H20N2O5. The van der Waals surface area contributed by atoms with E-state index in [1.165, 1.54) is 0 Å². The number of nitrogens with one attached hydrogen (secondary N) is 2. The highest BCUT2D eigenvalue weighted by Crippen LogP contribution is 2.18. The van der Waals surface area contributed by atoms with Gasteiger partial charge in [0.1, 0.15) is 0 Å². The zero-order chi connectivity index (χ0) is 12.7. The zero-order valence-electron chi connectivity index (χ0n) is 8.49. The fraction of sp³-hybridized carbons (Fsp3) is 0.778. The van der Waals surface area contributed by atoms with Crippen LogP contribution in [0.2, 0.25) is 0 Å². The molecule has 0 aliphatic rings. The van der Waals surface area contributed by atoms with Gasteiger partial charge in [0.2, 0.25) is 12.2 Å². The van der Waals surface area contributed by atoms with E-state index in [2.05, 4.69) is 0 Å². The second kappa shape index (κ2) is 19.2. The number of carbonyl (C=O) groups excluding carboxylic acids is 2. The van der Waals surface area contributed by atoms with Crippen molar-refractivity contribution >= 4 is 12.2 Å². The van der Waals surface area contributed by atoms with E-state index in [-0.39, 0.29) is 27.2 Å². The lowest BCUT2D eigenvalue weighted by Gasteiger charge is -2.24. The van der Waals surface area contributed by atoms with Crippen molar-refractivity contribution in [3.05, 3.63) is 0 Å². The molecule has 0 rings (SSSR count). The third-order valence-electron chi connectivity index (χ3n) is 1.76. The summed E-state index contributed by atoms with van der Waals surface area (Å²) in [7, 11) is 0. The first-order valence-electron chi connectivity index (χ1n) is 3.98. The van der Waals surface area contributed by atoms with Crippen LogP contribution in [0.1, 0.15) is 20.8 Å². The molecule has 0 aliphatic heterocycles. The van der Waals surface area contributed by atoms with E-state index < -0.39 is 5.41 Å². The molecule has 0 heterocycles. The van der Waals surface area contributed by atoms with Gasteiger partial charge in [-0.3, -0.25) is 0 Å². The first kappa shape index (κ1) is 24.1. The van der Waals surface area contributed by atoms with Gasteiger partial charge in [0.15, 0.2) is 0 Å². The summed E-state index contributed by atoms with van der Waals surface area (Å²) in [6.45, 7) is 1.35. The molecule has 0 aromatic heterocycles. The first-order chi connectivity index (χ1) is 7.07. The van der Waals surface area contributed by atoms with Crippen molar-refractivity contribution in [2.24, 2.45) is 5.41 Å². The van der Waals surface area contributed by atoms with E-state index in [9.17, 15) is 0 Å². The molecule has 0 atom stereocenters. The number of rotatable bonds is 4. The van der Waals surface area contributed by atoms with Gasteiger partial charge in [-0.2, -0.15) is 0 Å². The molecule has 0 amide bonds. The Morgan fingerprint density at radius 2 is 1.19 bits per heavy atom. The monoisotopic (exact) mass is 236 g/mol. The summed E-state index contributed by atoms with van der Waals surface area (Å²) < 4.78 is 0. The Hall–Kier alpha value is -1.36. The quantitative estimate of drug-likeness (QED) is 0.339. The minimum atomic E-state index is -0.667. The molecule has 0 bridgehead atoms. The molecule has 0 aromatic rings. The standard InChI is InChI=1S/C6H14O3.2CHNO.CH4/c1-2-6(3-7,4-8)5-9;2*2-1-3;/h7-9H,2-5H2,1H3;2*2H;1H4. The van der Waals surface area contributed by atoms with E-state index in [1.54, 1.807) is 0 Å². The normalized spacial score (nSPS) is 7.75. The summed E-state index contributed by atoms with van der Waals surface area (Å²) in [5.74, 6) is 0. The molecule has 0 fully saturated rings. The molecular weight excluding hydrogens is 216 g/mol. The second-order valence-corrected chi connectivity index (χ2v) is 2.53. The van der Waals surface area contributed by atoms with E-state index >= 15 is 0 Å². The summed E-state index contributed by atoms with van der Waals surface area (Å²) in [6, 6.07) is 0. The molecule has 0 aliphatic carbocycles. The van der Waals surface area contributed by atoms with Crippen LogP contribution in [0.15, 0.2) is 0 Å². The number of aliphatic hydroxyl groups is 3. The van der Waals surface area contributed by atoms with Crippen molar-refractivity contribution in [3.8, 4) is 0 Å². The Balaban J connectivity index is -0.0000000870. The molecule has 7 nitrogen and oxygen atoms in total. The molecule has 0 saturated carbocycles. The summed E-state index contributed by atoms with van der Waals surface area (Å²) in [6.07, 6.45) is 2.09. The fourth-order valence-corrected chi connectivity index (χ4v) is 0.485. The predicted molar refractivity (Wildman–Crippen MR) is 57.5 cm³/mol. The second-order valence-electron chi connectivity index (χ2n) is 2.53. The molecule has 96 valence electrons. The zero-order valence-corrected chi connectivity index (χ0v) is 8.49. The lowest BCUT2D eigenvalue weighted by Crippen LogP contribution is -2.32. The Morgan fingerprint density at radius 3 is 1.19 bits per heavy atom. The van der Waals surface area contributed by atoms with Crippen LogP contribution in [0.25, 0.3) is 0 Å². The maximum absolute atomic E-state index is 8.66. The molecule has 0 aromatic carbocycles. The van der Waals surface area contributed by atoms with Crippen molar-refractivity contribution < 1.29 is 24.9 Å². The van der Waals surface area contributed by atoms with Gasteiger partial charge in [0.25, 0.3) is 0 Å². The SMILES string of the molecule is C.CCC(CO)(CO)CO.N=C=O.N=C=O. The lowest BCUT2D eigenvalue weighted by atomic mass is 9.88. The van der Waals surface area contributed by atoms with Crippen molar-refractivity contribution in [2.45, 2.75) is 20.8 Å². The van der Waals surface area contributed by atoms with E-state index in [1.807, 2.05) is 6.92 Å². The van der Waals surface area contributed by atoms with E-state index in [0.717, 1.165) is 12.2 Å². The number of hydrogen-bond donors (Lipinski definition) is 5.